The van der Waals surface area contributed by atoms with Crippen LogP contribution in [0.3, 0.4) is 0 Å². The lowest BCUT2D eigenvalue weighted by Gasteiger charge is -2.24. The van der Waals surface area contributed by atoms with Gasteiger partial charge in [0.15, 0.2) is 0 Å². The van der Waals surface area contributed by atoms with Gasteiger partial charge in [-0.2, -0.15) is 13.2 Å². The molecule has 1 aromatic rings. The first-order valence-electron chi connectivity index (χ1n) is 7.28. The Morgan fingerprint density at radius 1 is 1.17 bits per heavy atom. The second-order valence-corrected chi connectivity index (χ2v) is 7.81. The summed E-state index contributed by atoms with van der Waals surface area (Å²) in [5.74, 6) is -0.317. The minimum Gasteiger partial charge on any atom is -0.349 e. The van der Waals surface area contributed by atoms with E-state index in [0.717, 1.165) is 12.1 Å². The maximum absolute atomic E-state index is 12.6. The molecular formula is C16H18Cl2F3NO. The monoisotopic (exact) mass is 367 g/mol. The maximum atomic E-state index is 12.6. The molecule has 0 saturated heterocycles. The quantitative estimate of drug-likeness (QED) is 0.736. The van der Waals surface area contributed by atoms with E-state index in [1.54, 1.807) is 6.92 Å². The molecule has 0 heterocycles. The van der Waals surface area contributed by atoms with E-state index < -0.39 is 27.5 Å². The summed E-state index contributed by atoms with van der Waals surface area (Å²) in [4.78, 5) is 12.5. The molecule has 7 heteroatoms. The van der Waals surface area contributed by atoms with Crippen molar-refractivity contribution < 1.29 is 18.0 Å². The van der Waals surface area contributed by atoms with Gasteiger partial charge in [0.25, 0.3) is 0 Å². The Morgan fingerprint density at radius 2 is 1.65 bits per heavy atom. The van der Waals surface area contributed by atoms with Crippen molar-refractivity contribution in [3.8, 4) is 0 Å². The summed E-state index contributed by atoms with van der Waals surface area (Å²) in [5.41, 5.74) is -0.988. The molecule has 2 rings (SSSR count). The van der Waals surface area contributed by atoms with Gasteiger partial charge in [0.1, 0.15) is 4.33 Å². The summed E-state index contributed by atoms with van der Waals surface area (Å²) in [6.07, 6.45) is -4.01. The fraction of sp³-hybridized carbons (Fsp3) is 0.562. The molecule has 23 heavy (non-hydrogen) atoms. The lowest BCUT2D eigenvalue weighted by atomic mass is 9.90. The average Bonchev–Trinajstić information content (AvgIpc) is 3.02. The SMILES string of the molecule is CC(NC(=O)C1(C(C)C)CC1(Cl)Cl)c1ccc(C(F)(F)F)cc1. The first-order valence-corrected chi connectivity index (χ1v) is 8.03. The zero-order chi connectivity index (χ0) is 17.6. The van der Waals surface area contributed by atoms with Gasteiger partial charge in [-0.05, 0) is 37.0 Å². The van der Waals surface area contributed by atoms with Gasteiger partial charge in [-0.3, -0.25) is 4.79 Å². The zero-order valence-corrected chi connectivity index (χ0v) is 14.5. The van der Waals surface area contributed by atoms with Crippen LogP contribution in [0, 0.1) is 11.3 Å². The van der Waals surface area contributed by atoms with Crippen molar-refractivity contribution in [2.24, 2.45) is 11.3 Å². The third-order valence-electron chi connectivity index (χ3n) is 4.50. The molecule has 1 N–H and O–H groups in total. The van der Waals surface area contributed by atoms with Gasteiger partial charge in [0.2, 0.25) is 5.91 Å². The summed E-state index contributed by atoms with van der Waals surface area (Å²) in [7, 11) is 0. The number of carbonyl (C=O) groups excluding carboxylic acids is 1. The Kier molecular flexibility index (Phi) is 4.68. The van der Waals surface area contributed by atoms with Crippen molar-refractivity contribution in [3.63, 3.8) is 0 Å². The molecule has 1 aromatic carbocycles. The fourth-order valence-corrected chi connectivity index (χ4v) is 3.84. The molecule has 1 fully saturated rings. The molecule has 1 amide bonds. The van der Waals surface area contributed by atoms with Gasteiger partial charge in [-0.25, -0.2) is 0 Å². The van der Waals surface area contributed by atoms with E-state index in [0.29, 0.717) is 12.0 Å². The third-order valence-corrected chi connectivity index (χ3v) is 5.45. The van der Waals surface area contributed by atoms with Crippen molar-refractivity contribution in [1.29, 1.82) is 0 Å². The lowest BCUT2D eigenvalue weighted by Crippen LogP contribution is -2.39. The molecule has 2 nitrogen and oxygen atoms in total. The van der Waals surface area contributed by atoms with Crippen molar-refractivity contribution in [3.05, 3.63) is 35.4 Å². The van der Waals surface area contributed by atoms with Crippen LogP contribution in [0.4, 0.5) is 13.2 Å². The number of carbonyl (C=O) groups is 1. The molecule has 2 atom stereocenters. The molecule has 1 aliphatic carbocycles. The van der Waals surface area contributed by atoms with Gasteiger partial charge in [0.05, 0.1) is 17.0 Å². The minimum atomic E-state index is -4.38. The van der Waals surface area contributed by atoms with Crippen molar-refractivity contribution >= 4 is 29.1 Å². The number of hydrogen-bond acceptors (Lipinski definition) is 1. The highest BCUT2D eigenvalue weighted by molar-refractivity contribution is 6.53. The summed E-state index contributed by atoms with van der Waals surface area (Å²) in [5, 5.41) is 2.81. The first-order chi connectivity index (χ1) is 10.4. The normalized spacial score (nSPS) is 24.4. The highest BCUT2D eigenvalue weighted by atomic mass is 35.5. The van der Waals surface area contributed by atoms with Crippen molar-refractivity contribution in [2.75, 3.05) is 0 Å². The number of rotatable bonds is 4. The van der Waals surface area contributed by atoms with Crippen LogP contribution in [-0.4, -0.2) is 10.2 Å². The van der Waals surface area contributed by atoms with E-state index in [1.165, 1.54) is 12.1 Å². The largest absolute Gasteiger partial charge is 0.416 e. The average molecular weight is 368 g/mol. The van der Waals surface area contributed by atoms with E-state index in [2.05, 4.69) is 5.32 Å². The molecule has 128 valence electrons. The predicted octanol–water partition coefficient (Wildman–Crippen LogP) is 5.10. The van der Waals surface area contributed by atoms with Crippen LogP contribution >= 0.6 is 23.2 Å². The van der Waals surface area contributed by atoms with E-state index in [4.69, 9.17) is 23.2 Å². The maximum Gasteiger partial charge on any atom is 0.416 e. The fourth-order valence-electron chi connectivity index (χ4n) is 2.81. The van der Waals surface area contributed by atoms with Crippen LogP contribution in [0.25, 0.3) is 0 Å². The smallest absolute Gasteiger partial charge is 0.349 e. The summed E-state index contributed by atoms with van der Waals surface area (Å²) in [6.45, 7) is 5.45. The predicted molar refractivity (Wildman–Crippen MR) is 84.3 cm³/mol. The molecule has 0 radical (unpaired) electrons. The number of nitrogens with one attached hydrogen (secondary N) is 1. The lowest BCUT2D eigenvalue weighted by molar-refractivity contribution is -0.137. The molecule has 0 aromatic heterocycles. The van der Waals surface area contributed by atoms with Crippen LogP contribution in [-0.2, 0) is 11.0 Å². The number of hydrogen-bond donors (Lipinski definition) is 1. The third kappa shape index (κ3) is 3.31. The minimum absolute atomic E-state index is 0.0442. The van der Waals surface area contributed by atoms with Gasteiger partial charge < -0.3 is 5.32 Å². The number of benzene rings is 1. The Bertz CT molecular complexity index is 598. The standard InChI is InChI=1S/C16H18Cl2F3NO/c1-9(2)14(8-15(14,17)18)13(23)22-10(3)11-4-6-12(7-5-11)16(19,20)21/h4-7,9-10H,8H2,1-3H3,(H,22,23). The number of alkyl halides is 5. The molecular weight excluding hydrogens is 350 g/mol. The Labute approximate surface area is 143 Å². The molecule has 1 saturated carbocycles. The highest BCUT2D eigenvalue weighted by Gasteiger charge is 2.72. The molecule has 0 aliphatic heterocycles. The number of amides is 1. The first kappa shape index (κ1) is 18.4. The highest BCUT2D eigenvalue weighted by Crippen LogP contribution is 2.68. The van der Waals surface area contributed by atoms with Gasteiger partial charge in [-0.1, -0.05) is 26.0 Å². The zero-order valence-electron chi connectivity index (χ0n) is 13.0. The second kappa shape index (κ2) is 5.85. The molecule has 0 spiro atoms. The van der Waals surface area contributed by atoms with E-state index in [-0.39, 0.29) is 11.8 Å². The van der Waals surface area contributed by atoms with Gasteiger partial charge in [0, 0.05) is 0 Å². The van der Waals surface area contributed by atoms with Crippen LogP contribution in [0.2, 0.25) is 0 Å². The summed E-state index contributed by atoms with van der Waals surface area (Å²) >= 11 is 12.3. The van der Waals surface area contributed by atoms with Crippen LogP contribution in [0.15, 0.2) is 24.3 Å². The number of halogens is 5. The van der Waals surface area contributed by atoms with Crippen molar-refractivity contribution in [2.45, 2.75) is 43.7 Å². The topological polar surface area (TPSA) is 29.1 Å². The second-order valence-electron chi connectivity index (χ2n) is 6.32. The Balaban J connectivity index is 2.10. The molecule has 2 unspecified atom stereocenters. The molecule has 1 aliphatic rings. The van der Waals surface area contributed by atoms with E-state index in [9.17, 15) is 18.0 Å². The molecule has 0 bridgehead atoms. The van der Waals surface area contributed by atoms with Gasteiger partial charge >= 0.3 is 6.18 Å². The Hall–Kier alpha value is -0.940. The van der Waals surface area contributed by atoms with Crippen LogP contribution < -0.4 is 5.32 Å². The van der Waals surface area contributed by atoms with Gasteiger partial charge in [-0.15, -0.1) is 23.2 Å². The van der Waals surface area contributed by atoms with Crippen LogP contribution in [0.5, 0.6) is 0 Å². The van der Waals surface area contributed by atoms with Crippen molar-refractivity contribution in [1.82, 2.24) is 5.32 Å². The van der Waals surface area contributed by atoms with E-state index in [1.807, 2.05) is 13.8 Å². The Morgan fingerprint density at radius 3 is 2.00 bits per heavy atom. The van der Waals surface area contributed by atoms with Crippen LogP contribution in [0.1, 0.15) is 44.4 Å². The summed E-state index contributed by atoms with van der Waals surface area (Å²) < 4.78 is 36.6. The van der Waals surface area contributed by atoms with E-state index >= 15 is 0 Å². The summed E-state index contributed by atoms with van der Waals surface area (Å²) in [6, 6.07) is 4.28.